The Morgan fingerprint density at radius 3 is 2.63 bits per heavy atom. The summed E-state index contributed by atoms with van der Waals surface area (Å²) in [6.07, 6.45) is 1.71. The minimum absolute atomic E-state index is 0.219. The number of carbonyl (C=O) groups excluding carboxylic acids is 1. The fourth-order valence-electron chi connectivity index (χ4n) is 1.59. The van der Waals surface area contributed by atoms with E-state index in [0.29, 0.717) is 5.56 Å². The summed E-state index contributed by atoms with van der Waals surface area (Å²) in [5.41, 5.74) is -0.392. The number of rotatable bonds is 3. The monoisotopic (exact) mass is 261 g/mol. The van der Waals surface area contributed by atoms with Gasteiger partial charge in [0.25, 0.3) is 5.91 Å². The maximum absolute atomic E-state index is 12.2. The molecule has 0 spiro atoms. The molecule has 0 saturated heterocycles. The van der Waals surface area contributed by atoms with E-state index < -0.39 is 11.1 Å². The predicted molar refractivity (Wildman–Crippen MR) is 73.9 cm³/mol. The summed E-state index contributed by atoms with van der Waals surface area (Å²) >= 11 is 0. The standard InChI is InChI=1S/C14H19N3O2/c1-13(2,14(3,4)19)16-12(18)9-5-6-10-8-15-17-11(10)7-9/h5-8,19H,1-4H3,(H,15,17)(H,16,18). The Morgan fingerprint density at radius 2 is 2.00 bits per heavy atom. The number of amides is 1. The molecule has 0 aliphatic carbocycles. The summed E-state index contributed by atoms with van der Waals surface area (Å²) in [5.74, 6) is -0.219. The second-order valence-electron chi connectivity index (χ2n) is 5.81. The van der Waals surface area contributed by atoms with Gasteiger partial charge in [0.1, 0.15) is 0 Å². The summed E-state index contributed by atoms with van der Waals surface area (Å²) in [6, 6.07) is 5.33. The zero-order chi connectivity index (χ0) is 14.3. The Morgan fingerprint density at radius 1 is 1.32 bits per heavy atom. The number of H-pyrrole nitrogens is 1. The molecule has 1 aromatic carbocycles. The topological polar surface area (TPSA) is 78.0 Å². The van der Waals surface area contributed by atoms with Gasteiger partial charge in [-0.25, -0.2) is 0 Å². The van der Waals surface area contributed by atoms with Crippen molar-refractivity contribution in [2.24, 2.45) is 0 Å². The lowest BCUT2D eigenvalue weighted by atomic mass is 9.85. The van der Waals surface area contributed by atoms with Crippen LogP contribution in [0.3, 0.4) is 0 Å². The molecular formula is C14H19N3O2. The number of nitrogens with one attached hydrogen (secondary N) is 2. The summed E-state index contributed by atoms with van der Waals surface area (Å²) in [5, 5.41) is 20.6. The highest BCUT2D eigenvalue weighted by molar-refractivity contribution is 5.98. The van der Waals surface area contributed by atoms with Gasteiger partial charge in [-0.05, 0) is 39.8 Å². The number of hydrogen-bond donors (Lipinski definition) is 3. The SMILES string of the molecule is CC(C)(O)C(C)(C)NC(=O)c1ccc2cn[nH]c2c1. The van der Waals surface area contributed by atoms with E-state index in [9.17, 15) is 9.90 Å². The van der Waals surface area contributed by atoms with E-state index in [-0.39, 0.29) is 5.91 Å². The quantitative estimate of drug-likeness (QED) is 0.789. The smallest absolute Gasteiger partial charge is 0.251 e. The Labute approximate surface area is 112 Å². The molecule has 3 N–H and O–H groups in total. The average Bonchev–Trinajstić information content (AvgIpc) is 2.73. The number of hydrogen-bond acceptors (Lipinski definition) is 3. The minimum atomic E-state index is -1.01. The summed E-state index contributed by atoms with van der Waals surface area (Å²) < 4.78 is 0. The van der Waals surface area contributed by atoms with Crippen LogP contribution in [0.5, 0.6) is 0 Å². The normalized spacial score (nSPS) is 12.7. The molecule has 0 bridgehead atoms. The molecule has 0 unspecified atom stereocenters. The summed E-state index contributed by atoms with van der Waals surface area (Å²) in [6.45, 7) is 6.93. The van der Waals surface area contributed by atoms with Gasteiger partial charge in [-0.15, -0.1) is 0 Å². The van der Waals surface area contributed by atoms with Crippen LogP contribution in [0.2, 0.25) is 0 Å². The van der Waals surface area contributed by atoms with Crippen LogP contribution < -0.4 is 5.32 Å². The minimum Gasteiger partial charge on any atom is -0.388 e. The van der Waals surface area contributed by atoms with Gasteiger partial charge in [0.2, 0.25) is 0 Å². The van der Waals surface area contributed by atoms with E-state index in [4.69, 9.17) is 0 Å². The molecule has 19 heavy (non-hydrogen) atoms. The van der Waals surface area contributed by atoms with Crippen LogP contribution in [0.15, 0.2) is 24.4 Å². The van der Waals surface area contributed by atoms with E-state index >= 15 is 0 Å². The second-order valence-corrected chi connectivity index (χ2v) is 5.81. The van der Waals surface area contributed by atoms with Crippen LogP contribution in [-0.4, -0.2) is 32.4 Å². The molecule has 0 radical (unpaired) electrons. The lowest BCUT2D eigenvalue weighted by molar-refractivity contribution is -0.00292. The van der Waals surface area contributed by atoms with Crippen molar-refractivity contribution < 1.29 is 9.90 Å². The van der Waals surface area contributed by atoms with Crippen molar-refractivity contribution in [3.63, 3.8) is 0 Å². The van der Waals surface area contributed by atoms with Crippen molar-refractivity contribution in [1.29, 1.82) is 0 Å². The maximum atomic E-state index is 12.2. The Bertz CT molecular complexity index is 608. The van der Waals surface area contributed by atoms with Crippen molar-refractivity contribution in [2.45, 2.75) is 38.8 Å². The van der Waals surface area contributed by atoms with E-state index in [1.54, 1.807) is 46.0 Å². The molecule has 2 aromatic rings. The third-order valence-electron chi connectivity index (χ3n) is 3.66. The van der Waals surface area contributed by atoms with E-state index in [0.717, 1.165) is 10.9 Å². The van der Waals surface area contributed by atoms with Gasteiger partial charge >= 0.3 is 0 Å². The number of nitrogens with zero attached hydrogens (tertiary/aromatic N) is 1. The lowest BCUT2D eigenvalue weighted by Gasteiger charge is -2.38. The van der Waals surface area contributed by atoms with Gasteiger partial charge in [0.05, 0.1) is 22.9 Å². The summed E-state index contributed by atoms with van der Waals surface area (Å²) in [7, 11) is 0. The highest BCUT2D eigenvalue weighted by Gasteiger charge is 2.36. The molecule has 2 rings (SSSR count). The molecule has 1 aromatic heterocycles. The third-order valence-corrected chi connectivity index (χ3v) is 3.66. The zero-order valence-corrected chi connectivity index (χ0v) is 11.6. The highest BCUT2D eigenvalue weighted by atomic mass is 16.3. The van der Waals surface area contributed by atoms with Crippen LogP contribution in [-0.2, 0) is 0 Å². The van der Waals surface area contributed by atoms with Gasteiger partial charge in [-0.3, -0.25) is 9.89 Å². The van der Waals surface area contributed by atoms with E-state index in [1.807, 2.05) is 6.07 Å². The fourth-order valence-corrected chi connectivity index (χ4v) is 1.59. The van der Waals surface area contributed by atoms with Gasteiger partial charge in [-0.2, -0.15) is 5.10 Å². The molecule has 5 heteroatoms. The Balaban J connectivity index is 2.24. The van der Waals surface area contributed by atoms with Gasteiger partial charge in [0.15, 0.2) is 0 Å². The number of benzene rings is 1. The van der Waals surface area contributed by atoms with E-state index in [1.165, 1.54) is 0 Å². The third kappa shape index (κ3) is 2.61. The van der Waals surface area contributed by atoms with Crippen molar-refractivity contribution in [3.8, 4) is 0 Å². The predicted octanol–water partition coefficient (Wildman–Crippen LogP) is 1.84. The summed E-state index contributed by atoms with van der Waals surface area (Å²) in [4.78, 5) is 12.2. The number of aliphatic hydroxyl groups is 1. The van der Waals surface area contributed by atoms with Crippen molar-refractivity contribution in [2.75, 3.05) is 0 Å². The molecule has 0 atom stereocenters. The van der Waals surface area contributed by atoms with Gasteiger partial charge in [0, 0.05) is 10.9 Å². The molecule has 0 aliphatic heterocycles. The molecule has 0 aliphatic rings. The first kappa shape index (κ1) is 13.5. The number of fused-ring (bicyclic) bond motifs is 1. The molecule has 0 fully saturated rings. The van der Waals surface area contributed by atoms with E-state index in [2.05, 4.69) is 15.5 Å². The van der Waals surface area contributed by atoms with Crippen LogP contribution in [0.1, 0.15) is 38.1 Å². The number of aromatic nitrogens is 2. The van der Waals surface area contributed by atoms with Gasteiger partial charge < -0.3 is 10.4 Å². The zero-order valence-electron chi connectivity index (χ0n) is 11.6. The lowest BCUT2D eigenvalue weighted by Crippen LogP contribution is -2.57. The average molecular weight is 261 g/mol. The first-order chi connectivity index (χ1) is 8.71. The van der Waals surface area contributed by atoms with Gasteiger partial charge in [-0.1, -0.05) is 6.07 Å². The first-order valence-electron chi connectivity index (χ1n) is 6.19. The van der Waals surface area contributed by atoms with Crippen LogP contribution in [0, 0.1) is 0 Å². The molecule has 0 saturated carbocycles. The fraction of sp³-hybridized carbons (Fsp3) is 0.429. The maximum Gasteiger partial charge on any atom is 0.251 e. The molecular weight excluding hydrogens is 242 g/mol. The molecule has 5 nitrogen and oxygen atoms in total. The Hall–Kier alpha value is -1.88. The van der Waals surface area contributed by atoms with Crippen LogP contribution in [0.25, 0.3) is 10.9 Å². The highest BCUT2D eigenvalue weighted by Crippen LogP contribution is 2.21. The molecule has 1 heterocycles. The van der Waals surface area contributed by atoms with Crippen molar-refractivity contribution in [1.82, 2.24) is 15.5 Å². The van der Waals surface area contributed by atoms with Crippen molar-refractivity contribution in [3.05, 3.63) is 30.0 Å². The number of aromatic amines is 1. The second kappa shape index (κ2) is 4.35. The number of carbonyl (C=O) groups is 1. The largest absolute Gasteiger partial charge is 0.388 e. The van der Waals surface area contributed by atoms with Crippen molar-refractivity contribution >= 4 is 16.8 Å². The van der Waals surface area contributed by atoms with Crippen LogP contribution in [0.4, 0.5) is 0 Å². The molecule has 1 amide bonds. The first-order valence-corrected chi connectivity index (χ1v) is 6.19. The molecule has 102 valence electrons. The Kier molecular flexibility index (Phi) is 3.10. The van der Waals surface area contributed by atoms with Crippen LogP contribution >= 0.6 is 0 Å².